The number of aryl methyl sites for hydroxylation is 3. The summed E-state index contributed by atoms with van der Waals surface area (Å²) >= 11 is 20.7. The Morgan fingerprint density at radius 3 is 1.50 bits per heavy atom. The summed E-state index contributed by atoms with van der Waals surface area (Å²) in [5.74, 6) is 1.33. The van der Waals surface area contributed by atoms with Crippen molar-refractivity contribution in [2.45, 2.75) is 131 Å². The number of H-pyrrole nitrogens is 2. The number of aliphatic hydroxyl groups excluding tert-OH is 1. The Labute approximate surface area is 574 Å². The summed E-state index contributed by atoms with van der Waals surface area (Å²) in [6, 6.07) is 30.3. The molecule has 94 heavy (non-hydrogen) atoms. The van der Waals surface area contributed by atoms with Crippen molar-refractivity contribution in [3.05, 3.63) is 227 Å². The molecule has 0 saturated heterocycles. The van der Waals surface area contributed by atoms with Gasteiger partial charge in [0.2, 0.25) is 0 Å². The topological polar surface area (TPSA) is 202 Å². The number of hydrogen-bond acceptors (Lipinski definition) is 11. The molecule has 1 unspecified atom stereocenters. The van der Waals surface area contributed by atoms with Crippen LogP contribution in [0.1, 0.15) is 118 Å². The van der Waals surface area contributed by atoms with Crippen molar-refractivity contribution in [2.75, 3.05) is 16.0 Å². The first-order valence-electron chi connectivity index (χ1n) is 31.0. The van der Waals surface area contributed by atoms with Crippen LogP contribution in [0.2, 0.25) is 31.7 Å². The largest absolute Gasteiger partial charge is 0.382 e. The molecule has 3 aromatic carbocycles. The number of pyridine rings is 3. The first-order valence-corrected chi connectivity index (χ1v) is 35.4. The van der Waals surface area contributed by atoms with E-state index in [1.54, 1.807) is 82.7 Å². The second-order valence-electron chi connectivity index (χ2n) is 23.4. The van der Waals surface area contributed by atoms with Crippen LogP contribution in [0.15, 0.2) is 146 Å². The molecule has 0 aliphatic carbocycles. The molecule has 6 N–H and O–H groups in total. The quantitative estimate of drug-likeness (QED) is 0.0227. The fourth-order valence-corrected chi connectivity index (χ4v) is 20.1. The number of carbonyl (C=O) groups is 1. The average molecular weight is 1470 g/mol. The van der Waals surface area contributed by atoms with Crippen LogP contribution in [0, 0.1) is 21.0 Å². The van der Waals surface area contributed by atoms with Gasteiger partial charge in [-0.2, -0.15) is 15.3 Å². The van der Waals surface area contributed by atoms with Crippen molar-refractivity contribution in [1.29, 1.82) is 0 Å². The zero-order chi connectivity index (χ0) is 67.4. The minimum atomic E-state index is -1.76. The fraction of sp³-hybridized carbons (Fsp3) is 0.290. The van der Waals surface area contributed by atoms with Crippen molar-refractivity contribution in [3.8, 4) is 0 Å². The van der Waals surface area contributed by atoms with E-state index in [-0.39, 0.29) is 17.5 Å². The molecule has 0 radical (unpaired) electrons. The SMILES string of the molecule is CC(C)[Si](C(C)C)(C(C)C)n1cc(I)c2cc(Cl)cnc21.CCn1nc(NCc2ccc(F)cc2)cc1C(O)c1c[nH]c2ncc(Cl)cc12.CCn1nc(NCc2ccc(F)cc2)cc1C=O.CCn1nc(NCc2ccc(F)cc2)cc1Cc1c[nH]c2ncc(Cl)cc12. The second-order valence-corrected chi connectivity index (χ2v) is 31.6. The van der Waals surface area contributed by atoms with E-state index in [4.69, 9.17) is 34.8 Å². The van der Waals surface area contributed by atoms with Crippen LogP contribution >= 0.6 is 57.4 Å². The Hall–Kier alpha value is -8.00. The van der Waals surface area contributed by atoms with Crippen molar-refractivity contribution in [3.63, 3.8) is 0 Å². The number of anilines is 3. The lowest BCUT2D eigenvalue weighted by atomic mass is 10.1. The number of aliphatic hydroxyl groups is 1. The van der Waals surface area contributed by atoms with Crippen LogP contribution in [0.5, 0.6) is 0 Å². The van der Waals surface area contributed by atoms with Gasteiger partial charge in [-0.25, -0.2) is 28.1 Å². The molecule has 12 aromatic rings. The molecule has 25 heteroatoms. The molecule has 1 atom stereocenters. The monoisotopic (exact) mass is 1460 g/mol. The number of fused-ring (bicyclic) bond motifs is 3. The van der Waals surface area contributed by atoms with Gasteiger partial charge in [0.25, 0.3) is 0 Å². The van der Waals surface area contributed by atoms with Crippen LogP contribution < -0.4 is 16.0 Å². The highest BCUT2D eigenvalue weighted by atomic mass is 127. The molecular weight excluding hydrogens is 1390 g/mol. The van der Waals surface area contributed by atoms with E-state index in [0.29, 0.717) is 98.6 Å². The lowest BCUT2D eigenvalue weighted by molar-refractivity contribution is 0.111. The molecule has 0 aliphatic heterocycles. The van der Waals surface area contributed by atoms with E-state index in [1.165, 1.54) is 45.4 Å². The molecule has 0 bridgehead atoms. The Balaban J connectivity index is 0.000000150. The predicted molar refractivity (Wildman–Crippen MR) is 383 cm³/mol. The minimum Gasteiger partial charge on any atom is -0.382 e. The molecule has 9 aromatic heterocycles. The highest BCUT2D eigenvalue weighted by molar-refractivity contribution is 14.1. The predicted octanol–water partition coefficient (Wildman–Crippen LogP) is 17.8. The smallest absolute Gasteiger partial charge is 0.171 e. The van der Waals surface area contributed by atoms with Crippen LogP contribution in [-0.4, -0.2) is 78.1 Å². The molecule has 17 nitrogen and oxygen atoms in total. The van der Waals surface area contributed by atoms with E-state index in [9.17, 15) is 23.1 Å². The van der Waals surface area contributed by atoms with Gasteiger partial charge in [-0.1, -0.05) is 113 Å². The maximum atomic E-state index is 13.0. The molecule has 9 heterocycles. The van der Waals surface area contributed by atoms with E-state index in [2.05, 4.69) is 138 Å². The summed E-state index contributed by atoms with van der Waals surface area (Å²) in [4.78, 5) is 30.2. The van der Waals surface area contributed by atoms with Gasteiger partial charge in [-0.05, 0) is 137 Å². The van der Waals surface area contributed by atoms with Crippen molar-refractivity contribution in [1.82, 2.24) is 58.5 Å². The summed E-state index contributed by atoms with van der Waals surface area (Å²) in [5.41, 5.74) is 11.6. The van der Waals surface area contributed by atoms with Crippen molar-refractivity contribution >= 4 is 122 Å². The number of hydrogen-bond donors (Lipinski definition) is 6. The van der Waals surface area contributed by atoms with Crippen LogP contribution in [0.25, 0.3) is 33.1 Å². The number of rotatable bonds is 21. The van der Waals surface area contributed by atoms with Gasteiger partial charge in [-0.3, -0.25) is 18.8 Å². The van der Waals surface area contributed by atoms with Gasteiger partial charge in [0.05, 0.1) is 20.8 Å². The van der Waals surface area contributed by atoms with Gasteiger partial charge in [0.1, 0.15) is 63.6 Å². The molecule has 0 aliphatic rings. The van der Waals surface area contributed by atoms with Gasteiger partial charge in [-0.15, -0.1) is 0 Å². The maximum Gasteiger partial charge on any atom is 0.171 e. The van der Waals surface area contributed by atoms with Crippen LogP contribution in [-0.2, 0) is 45.7 Å². The number of carbonyl (C=O) groups excluding carboxylic acids is 1. The summed E-state index contributed by atoms with van der Waals surface area (Å²) < 4.78 is 47.9. The summed E-state index contributed by atoms with van der Waals surface area (Å²) in [7, 11) is -1.76. The number of nitrogens with zero attached hydrogens (tertiary/aromatic N) is 10. The third-order valence-electron chi connectivity index (χ3n) is 16.5. The molecule has 12 rings (SSSR count). The number of benzene rings is 3. The number of nitrogens with one attached hydrogen (secondary N) is 5. The zero-order valence-corrected chi connectivity index (χ0v) is 59.1. The summed E-state index contributed by atoms with van der Waals surface area (Å²) in [6.45, 7) is 23.9. The highest BCUT2D eigenvalue weighted by Gasteiger charge is 2.46. The number of aromatic nitrogens is 12. The number of halogens is 7. The molecule has 0 amide bonds. The normalized spacial score (nSPS) is 11.8. The number of aldehydes is 1. The maximum absolute atomic E-state index is 13.0. The van der Waals surface area contributed by atoms with Gasteiger partial charge in [0.15, 0.2) is 14.5 Å². The average Bonchev–Trinajstić information content (AvgIpc) is 1.52. The van der Waals surface area contributed by atoms with E-state index in [1.807, 2.05) is 49.0 Å². The first-order chi connectivity index (χ1) is 45.1. The minimum absolute atomic E-state index is 0.232. The third kappa shape index (κ3) is 16.7. The van der Waals surface area contributed by atoms with E-state index in [0.717, 1.165) is 75.1 Å². The molecule has 0 spiro atoms. The first kappa shape index (κ1) is 70.3. The fourth-order valence-electron chi connectivity index (χ4n) is 12.1. The standard InChI is InChI=1S/C20H19ClFN5O.C20H19ClFN5.C16H24ClIN2Si.C13H14FN3O/c1-2-27-17(8-18(26-27)23-9-12-3-5-14(22)6-4-12)19(28)16-11-25-20-15(16)7-13(21)10-24-20;1-2-27-17(7-14-11-24-20-18(14)8-15(21)12-25-20)9-19(26-27)23-10-13-3-5-16(22)6-4-13;1-10(2)21(11(3)4,12(5)6)20-9-15(18)14-7-13(17)8-19-16(14)20;1-2-17-12(9-18)7-13(16-17)15-8-10-3-5-11(14)6-4-10/h3-8,10-11,19,28H,2,9H2,1H3,(H,23,26)(H,24,25);3-6,8-9,11-12H,2,7,10H2,1H3,(H,23,26)(H,24,25);7-12H,1-6H3;3-7,9H,2,8H2,1H3,(H,15,16). The molecule has 0 saturated carbocycles. The summed E-state index contributed by atoms with van der Waals surface area (Å²) in [5, 5.41) is 38.8. The van der Waals surface area contributed by atoms with E-state index >= 15 is 0 Å². The Bertz CT molecular complexity index is 4450. The lowest BCUT2D eigenvalue weighted by Gasteiger charge is -2.44. The zero-order valence-electron chi connectivity index (χ0n) is 53.7. The molecule has 0 fully saturated rings. The van der Waals surface area contributed by atoms with Gasteiger partial charge < -0.3 is 35.3 Å². The van der Waals surface area contributed by atoms with Crippen LogP contribution in [0.4, 0.5) is 30.6 Å². The number of aromatic amines is 2. The van der Waals surface area contributed by atoms with Crippen LogP contribution in [0.3, 0.4) is 0 Å². The Morgan fingerprint density at radius 2 is 1.01 bits per heavy atom. The Kier molecular flexibility index (Phi) is 23.9. The highest BCUT2D eigenvalue weighted by Crippen LogP contribution is 2.45. The molecule has 492 valence electrons. The Morgan fingerprint density at radius 1 is 0.574 bits per heavy atom. The third-order valence-corrected chi connectivity index (χ3v) is 24.7. The molecular formula is C69H76Cl3F3IN15O2Si. The van der Waals surface area contributed by atoms with Crippen molar-refractivity contribution < 1.29 is 23.1 Å². The second kappa shape index (κ2) is 32.0. The lowest BCUT2D eigenvalue weighted by Crippen LogP contribution is -2.51. The van der Waals surface area contributed by atoms with Gasteiger partial charge >= 0.3 is 0 Å². The van der Waals surface area contributed by atoms with Gasteiger partial charge in [0, 0.05) is 132 Å². The summed E-state index contributed by atoms with van der Waals surface area (Å²) in [6.07, 6.45) is 11.6. The van der Waals surface area contributed by atoms with Crippen molar-refractivity contribution in [2.24, 2.45) is 0 Å². The van der Waals surface area contributed by atoms with E-state index < -0.39 is 14.3 Å².